The van der Waals surface area contributed by atoms with Crippen molar-refractivity contribution in [3.05, 3.63) is 42.7 Å². The highest BCUT2D eigenvalue weighted by atomic mass is 31.3. The van der Waals surface area contributed by atoms with Crippen molar-refractivity contribution < 1.29 is 85.3 Å². The maximum absolute atomic E-state index is 12.4. The van der Waals surface area contributed by atoms with Gasteiger partial charge in [0.05, 0.1) is 27.4 Å². The zero-order valence-electron chi connectivity index (χ0n) is 23.8. The van der Waals surface area contributed by atoms with E-state index < -0.39 is 91.7 Å². The number of aliphatic hydroxyl groups excluding tert-OH is 3. The molecule has 5 heterocycles. The van der Waals surface area contributed by atoms with E-state index in [1.807, 2.05) is 0 Å². The fourth-order valence-corrected chi connectivity index (χ4v) is 7.35. The molecule has 48 heavy (non-hydrogen) atoms. The smallest absolute Gasteiger partial charge is 0.292 e. The minimum absolute atomic E-state index is 0.0155. The number of carbonyl (C=O) groups is 1. The Labute approximate surface area is 267 Å². The van der Waals surface area contributed by atoms with Gasteiger partial charge in [-0.1, -0.05) is 0 Å². The number of nitrogens with two attached hydrogens (primary N) is 2. The molecule has 10 atom stereocenters. The standard InChI is InChI=1S/C21H28N7O17P3/c22-17-12-19(25-7-24-17)28(8-26-12)21-16(44-46(33,34)35)14(30)11(43-21)6-41-48(38,39)45-47(36,37)40-5-10-13(29)15(31)20(42-10)27-3-1-2-9(4-27)18(23)32/h1-4,7-8,10-11,13-16,20-21,29-31H,5-6H2,(H7-,22,23,24,25,32,33,34,35,36,37,38,39)/p-3/t10?,11-,13+,14-,15+,16-,20?,21-/m1/s1. The summed E-state index contributed by atoms with van der Waals surface area (Å²) in [6, 6.07) is 2.75. The second kappa shape index (κ2) is 13.8. The molecule has 5 rings (SSSR count). The third-order valence-corrected chi connectivity index (χ3v) is 9.99. The molecule has 3 aromatic heterocycles. The lowest BCUT2D eigenvalue weighted by Gasteiger charge is -2.34. The molecule has 0 spiro atoms. The number of imidazole rings is 1. The first-order chi connectivity index (χ1) is 22.4. The number of primary amides is 1. The van der Waals surface area contributed by atoms with Crippen LogP contribution in [0.1, 0.15) is 22.8 Å². The average molecular weight is 740 g/mol. The van der Waals surface area contributed by atoms with Gasteiger partial charge in [-0.25, -0.2) is 19.3 Å². The van der Waals surface area contributed by atoms with Crippen molar-refractivity contribution in [1.82, 2.24) is 19.5 Å². The van der Waals surface area contributed by atoms with Gasteiger partial charge in [0.25, 0.3) is 27.8 Å². The summed E-state index contributed by atoms with van der Waals surface area (Å²) in [7, 11) is -17.5. The number of phosphoric acid groups is 3. The number of aromatic nitrogens is 5. The first-order valence-corrected chi connectivity index (χ1v) is 17.7. The van der Waals surface area contributed by atoms with Crippen molar-refractivity contribution in [3.63, 3.8) is 0 Å². The highest BCUT2D eigenvalue weighted by Crippen LogP contribution is 2.56. The van der Waals surface area contributed by atoms with Crippen LogP contribution >= 0.6 is 23.5 Å². The van der Waals surface area contributed by atoms with E-state index in [1.54, 1.807) is 0 Å². The van der Waals surface area contributed by atoms with E-state index in [2.05, 4.69) is 32.8 Å². The lowest BCUT2D eigenvalue weighted by molar-refractivity contribution is -0.765. The SMILES string of the molecule is NC(=O)c1ccc[n+](C2OC(COP(=O)([O-])OP(=O)([O-])OC[C@H]3O[C@@H](n4cnc5c(N)ncnc54)[C@H](OP(=O)([O-])[O-])[C@@H]3O)[C@H](O)[C@@H]2O)c1. The molecule has 3 aromatic rings. The Morgan fingerprint density at radius 3 is 2.25 bits per heavy atom. The van der Waals surface area contributed by atoms with Gasteiger partial charge in [-0.2, -0.15) is 4.57 Å². The van der Waals surface area contributed by atoms with Crippen LogP contribution in [-0.4, -0.2) is 90.6 Å². The summed E-state index contributed by atoms with van der Waals surface area (Å²) < 4.78 is 66.7. The van der Waals surface area contributed by atoms with Crippen molar-refractivity contribution in [2.75, 3.05) is 18.9 Å². The molecule has 1 amide bonds. The fourth-order valence-electron chi connectivity index (χ4n) is 4.81. The van der Waals surface area contributed by atoms with Crippen molar-refractivity contribution in [2.24, 2.45) is 5.73 Å². The first-order valence-electron chi connectivity index (χ1n) is 13.3. The molecule has 0 bridgehead atoms. The first kappa shape index (κ1) is 36.4. The van der Waals surface area contributed by atoms with Crippen molar-refractivity contribution in [1.29, 1.82) is 0 Å². The van der Waals surface area contributed by atoms with E-state index in [0.29, 0.717) is 0 Å². The molecule has 2 aliphatic heterocycles. The van der Waals surface area contributed by atoms with Gasteiger partial charge < -0.3 is 74.0 Å². The van der Waals surface area contributed by atoms with Crippen LogP contribution < -0.4 is 35.6 Å². The van der Waals surface area contributed by atoms with Crippen molar-refractivity contribution in [2.45, 2.75) is 49.1 Å². The number of fused-ring (bicyclic) bond motifs is 1. The Morgan fingerprint density at radius 2 is 1.62 bits per heavy atom. The van der Waals surface area contributed by atoms with E-state index in [-0.39, 0.29) is 22.5 Å². The highest BCUT2D eigenvalue weighted by Gasteiger charge is 2.49. The predicted molar refractivity (Wildman–Crippen MR) is 141 cm³/mol. The van der Waals surface area contributed by atoms with Gasteiger partial charge in [-0.05, 0) is 6.07 Å². The van der Waals surface area contributed by atoms with E-state index in [1.165, 1.54) is 29.1 Å². The summed E-state index contributed by atoms with van der Waals surface area (Å²) in [6.45, 7) is -2.27. The summed E-state index contributed by atoms with van der Waals surface area (Å²) in [4.78, 5) is 70.6. The Hall–Kier alpha value is -2.86. The monoisotopic (exact) mass is 740 g/mol. The maximum atomic E-state index is 12.4. The van der Waals surface area contributed by atoms with E-state index >= 15 is 0 Å². The van der Waals surface area contributed by atoms with Crippen LogP contribution in [0.25, 0.3) is 11.2 Å². The molecule has 0 saturated carbocycles. The largest absolute Gasteiger partial charge is 0.790 e. The maximum Gasteiger partial charge on any atom is 0.292 e. The summed E-state index contributed by atoms with van der Waals surface area (Å²) in [5, 5.41) is 31.4. The van der Waals surface area contributed by atoms with Crippen LogP contribution in [0, 0.1) is 0 Å². The molecule has 2 aliphatic rings. The van der Waals surface area contributed by atoms with Crippen LogP contribution in [-0.2, 0) is 41.1 Å². The Balaban J connectivity index is 1.21. The van der Waals surface area contributed by atoms with Crippen LogP contribution in [0.4, 0.5) is 5.82 Å². The van der Waals surface area contributed by atoms with Gasteiger partial charge in [0, 0.05) is 6.07 Å². The molecule has 27 heteroatoms. The number of phosphoric ester groups is 3. The number of carbonyl (C=O) groups excluding carboxylic acids is 1. The number of nitrogen functional groups attached to an aromatic ring is 1. The number of anilines is 1. The second-order valence-electron chi connectivity index (χ2n) is 10.2. The number of rotatable bonds is 13. The number of hydrogen-bond donors (Lipinski definition) is 5. The normalized spacial score (nSPS) is 30.3. The third kappa shape index (κ3) is 8.12. The number of hydrogen-bond acceptors (Lipinski definition) is 21. The lowest BCUT2D eigenvalue weighted by Crippen LogP contribution is -2.46. The third-order valence-electron chi connectivity index (χ3n) is 6.96. The summed E-state index contributed by atoms with van der Waals surface area (Å²) in [5.41, 5.74) is 10.9. The average Bonchev–Trinajstić information content (AvgIpc) is 3.64. The minimum Gasteiger partial charge on any atom is -0.790 e. The molecule has 7 N–H and O–H groups in total. The van der Waals surface area contributed by atoms with E-state index in [9.17, 15) is 53.4 Å². The molecule has 4 unspecified atom stereocenters. The van der Waals surface area contributed by atoms with Crippen LogP contribution in [0.15, 0.2) is 37.2 Å². The molecular formula is C21H25N7O17P3-3. The van der Waals surface area contributed by atoms with Crippen LogP contribution in [0.2, 0.25) is 0 Å². The van der Waals surface area contributed by atoms with E-state index in [0.717, 1.165) is 17.2 Å². The van der Waals surface area contributed by atoms with Gasteiger partial charge in [-0.3, -0.25) is 18.5 Å². The summed E-state index contributed by atoms with van der Waals surface area (Å²) >= 11 is 0. The van der Waals surface area contributed by atoms with Gasteiger partial charge in [0.2, 0.25) is 0 Å². The molecular weight excluding hydrogens is 715 g/mol. The Bertz CT molecular complexity index is 1810. The predicted octanol–water partition coefficient (Wildman–Crippen LogP) is -5.43. The number of aliphatic hydroxyl groups is 3. The second-order valence-corrected chi connectivity index (χ2v) is 14.2. The number of pyridine rings is 1. The van der Waals surface area contributed by atoms with E-state index in [4.69, 9.17) is 20.9 Å². The lowest BCUT2D eigenvalue weighted by atomic mass is 10.1. The number of amides is 1. The minimum atomic E-state index is -5.86. The molecule has 264 valence electrons. The molecule has 0 aliphatic carbocycles. The fraction of sp³-hybridized carbons (Fsp3) is 0.476. The van der Waals surface area contributed by atoms with Crippen LogP contribution in [0.3, 0.4) is 0 Å². The van der Waals surface area contributed by atoms with Gasteiger partial charge in [0.1, 0.15) is 47.9 Å². The van der Waals surface area contributed by atoms with Gasteiger partial charge in [-0.15, -0.1) is 0 Å². The molecule has 0 radical (unpaired) electrons. The van der Waals surface area contributed by atoms with Gasteiger partial charge in [0.15, 0.2) is 36.2 Å². The van der Waals surface area contributed by atoms with Crippen molar-refractivity contribution in [3.8, 4) is 0 Å². The zero-order chi connectivity index (χ0) is 35.2. The molecule has 2 saturated heterocycles. The topological polar surface area (TPSA) is 376 Å². The van der Waals surface area contributed by atoms with Crippen molar-refractivity contribution >= 4 is 46.4 Å². The highest BCUT2D eigenvalue weighted by molar-refractivity contribution is 7.59. The summed E-state index contributed by atoms with van der Waals surface area (Å²) in [5.74, 6) is -0.906. The zero-order valence-corrected chi connectivity index (χ0v) is 26.5. The Kier molecular flexibility index (Phi) is 10.5. The van der Waals surface area contributed by atoms with Gasteiger partial charge >= 0.3 is 0 Å². The molecule has 24 nitrogen and oxygen atoms in total. The number of ether oxygens (including phenoxy) is 2. The number of nitrogens with zero attached hydrogens (tertiary/aromatic N) is 5. The van der Waals surface area contributed by atoms with Crippen LogP contribution in [0.5, 0.6) is 0 Å². The molecule has 0 aromatic carbocycles. The molecule has 2 fully saturated rings. The quantitative estimate of drug-likeness (QED) is 0.0806. The Morgan fingerprint density at radius 1 is 0.979 bits per heavy atom. The summed E-state index contributed by atoms with van der Waals surface area (Å²) in [6.07, 6.45) is -9.25.